The summed E-state index contributed by atoms with van der Waals surface area (Å²) < 4.78 is 5.41. The summed E-state index contributed by atoms with van der Waals surface area (Å²) in [6.45, 7) is 1.15. The average Bonchev–Trinajstić information content (AvgIpc) is 3.36. The summed E-state index contributed by atoms with van der Waals surface area (Å²) in [6.07, 6.45) is 2.66. The van der Waals surface area contributed by atoms with Gasteiger partial charge in [-0.3, -0.25) is 14.6 Å². The van der Waals surface area contributed by atoms with Crippen molar-refractivity contribution in [2.24, 2.45) is 5.92 Å². The highest BCUT2D eigenvalue weighted by atomic mass is 16.5. The van der Waals surface area contributed by atoms with E-state index < -0.39 is 0 Å². The Hall–Kier alpha value is -2.63. The first-order chi connectivity index (χ1) is 11.7. The number of methoxy groups -OCH3 is 1. The van der Waals surface area contributed by atoms with Crippen LogP contribution < -0.4 is 4.74 Å². The molecule has 1 saturated carbocycles. The van der Waals surface area contributed by atoms with Crippen LogP contribution in [0.15, 0.2) is 30.3 Å². The molecule has 2 aromatic rings. The molecule has 0 bridgehead atoms. The summed E-state index contributed by atoms with van der Waals surface area (Å²) in [4.78, 5) is 29.8. The van der Waals surface area contributed by atoms with Crippen molar-refractivity contribution in [3.63, 3.8) is 0 Å². The molecule has 2 amide bonds. The number of nitrogens with zero attached hydrogens (tertiary/aromatic N) is 3. The molecule has 0 atom stereocenters. The second-order valence-electron chi connectivity index (χ2n) is 6.24. The van der Waals surface area contributed by atoms with Gasteiger partial charge in [0.2, 0.25) is 5.91 Å². The van der Waals surface area contributed by atoms with E-state index in [1.54, 1.807) is 18.2 Å². The maximum absolute atomic E-state index is 12.9. The molecule has 0 spiro atoms. The highest BCUT2D eigenvalue weighted by Crippen LogP contribution is 2.33. The number of carbonyl (C=O) groups excluding carboxylic acids is 2. The van der Waals surface area contributed by atoms with Gasteiger partial charge in [0.1, 0.15) is 11.4 Å². The van der Waals surface area contributed by atoms with Crippen LogP contribution in [0.25, 0.3) is 10.9 Å². The molecule has 0 unspecified atom stereocenters. The van der Waals surface area contributed by atoms with E-state index in [1.165, 1.54) is 5.01 Å². The predicted molar refractivity (Wildman–Crippen MR) is 88.4 cm³/mol. The maximum Gasteiger partial charge on any atom is 0.291 e. The molecule has 124 valence electrons. The van der Waals surface area contributed by atoms with E-state index in [0.29, 0.717) is 30.0 Å². The number of rotatable bonds is 3. The molecule has 0 radical (unpaired) electrons. The van der Waals surface area contributed by atoms with Gasteiger partial charge in [0.25, 0.3) is 5.91 Å². The van der Waals surface area contributed by atoms with Crippen LogP contribution in [0, 0.1) is 5.92 Å². The first-order valence-corrected chi connectivity index (χ1v) is 8.26. The number of hydrazine groups is 1. The zero-order valence-corrected chi connectivity index (χ0v) is 13.6. The zero-order chi connectivity index (χ0) is 16.7. The highest BCUT2D eigenvalue weighted by Gasteiger charge is 2.39. The molecule has 24 heavy (non-hydrogen) atoms. The quantitative estimate of drug-likeness (QED) is 0.868. The zero-order valence-electron chi connectivity index (χ0n) is 13.6. The number of carbonyl (C=O) groups is 2. The van der Waals surface area contributed by atoms with Gasteiger partial charge in [-0.05, 0) is 31.4 Å². The van der Waals surface area contributed by atoms with Gasteiger partial charge in [-0.2, -0.15) is 0 Å². The van der Waals surface area contributed by atoms with E-state index in [-0.39, 0.29) is 17.7 Å². The predicted octanol–water partition coefficient (Wildman–Crippen LogP) is 2.24. The fraction of sp³-hybridized carbons (Fsp3) is 0.389. The van der Waals surface area contributed by atoms with Crippen LogP contribution in [0.4, 0.5) is 0 Å². The lowest BCUT2D eigenvalue weighted by Gasteiger charge is -2.27. The monoisotopic (exact) mass is 325 g/mol. The molecule has 1 aromatic heterocycles. The number of pyridine rings is 1. The van der Waals surface area contributed by atoms with Crippen molar-refractivity contribution in [1.82, 2.24) is 15.0 Å². The van der Waals surface area contributed by atoms with E-state index in [9.17, 15) is 9.59 Å². The van der Waals surface area contributed by atoms with E-state index in [1.807, 2.05) is 24.3 Å². The topological polar surface area (TPSA) is 62.7 Å². The average molecular weight is 325 g/mol. The minimum atomic E-state index is -0.245. The molecule has 1 aliphatic heterocycles. The Morgan fingerprint density at radius 3 is 2.67 bits per heavy atom. The number of hydrogen-bond donors (Lipinski definition) is 0. The third-order valence-corrected chi connectivity index (χ3v) is 4.56. The molecule has 1 saturated heterocycles. The van der Waals surface area contributed by atoms with Gasteiger partial charge in [0.05, 0.1) is 12.6 Å². The normalized spacial score (nSPS) is 17.4. The van der Waals surface area contributed by atoms with Gasteiger partial charge in [0.15, 0.2) is 0 Å². The van der Waals surface area contributed by atoms with Crippen LogP contribution in [0.1, 0.15) is 29.8 Å². The van der Waals surface area contributed by atoms with Gasteiger partial charge in [-0.1, -0.05) is 12.1 Å². The van der Waals surface area contributed by atoms with Crippen molar-refractivity contribution < 1.29 is 14.3 Å². The molecule has 6 heteroatoms. The molecule has 2 aliphatic rings. The summed E-state index contributed by atoms with van der Waals surface area (Å²) in [6, 6.07) is 9.20. The van der Waals surface area contributed by atoms with E-state index in [2.05, 4.69) is 4.98 Å². The smallest absolute Gasteiger partial charge is 0.291 e. The Labute approximate surface area is 140 Å². The number of hydrogen-bond acceptors (Lipinski definition) is 4. The second-order valence-corrected chi connectivity index (χ2v) is 6.24. The molecule has 1 aromatic carbocycles. The Kier molecular flexibility index (Phi) is 3.59. The Morgan fingerprint density at radius 2 is 1.92 bits per heavy atom. The van der Waals surface area contributed by atoms with Crippen molar-refractivity contribution in [3.8, 4) is 5.75 Å². The van der Waals surface area contributed by atoms with Gasteiger partial charge in [0, 0.05) is 30.5 Å². The van der Waals surface area contributed by atoms with Crippen LogP contribution >= 0.6 is 0 Å². The van der Waals surface area contributed by atoms with E-state index in [0.717, 1.165) is 24.6 Å². The first kappa shape index (κ1) is 14.9. The fourth-order valence-electron chi connectivity index (χ4n) is 3.15. The van der Waals surface area contributed by atoms with Gasteiger partial charge in [-0.15, -0.1) is 0 Å². The lowest BCUT2D eigenvalue weighted by Crippen LogP contribution is -2.45. The van der Waals surface area contributed by atoms with Crippen LogP contribution in [-0.4, -0.2) is 47.0 Å². The van der Waals surface area contributed by atoms with Crippen molar-refractivity contribution in [3.05, 3.63) is 36.0 Å². The number of ether oxygens (including phenoxy) is 1. The molecule has 0 N–H and O–H groups in total. The van der Waals surface area contributed by atoms with Crippen LogP contribution in [-0.2, 0) is 4.79 Å². The molecular formula is C18H19N3O3. The fourth-order valence-corrected chi connectivity index (χ4v) is 3.15. The molecular weight excluding hydrogens is 306 g/mol. The molecule has 2 fully saturated rings. The third-order valence-electron chi connectivity index (χ3n) is 4.56. The lowest BCUT2D eigenvalue weighted by molar-refractivity contribution is -0.141. The van der Waals surface area contributed by atoms with E-state index in [4.69, 9.17) is 4.74 Å². The lowest BCUT2D eigenvalue weighted by atomic mass is 10.1. The Balaban J connectivity index is 1.68. The summed E-state index contributed by atoms with van der Waals surface area (Å²) in [5, 5.41) is 4.00. The van der Waals surface area contributed by atoms with Crippen molar-refractivity contribution in [2.75, 3.05) is 20.2 Å². The number of aromatic nitrogens is 1. The minimum absolute atomic E-state index is 0.0635. The Morgan fingerprint density at radius 1 is 1.17 bits per heavy atom. The summed E-state index contributed by atoms with van der Waals surface area (Å²) in [7, 11) is 1.58. The molecule has 6 nitrogen and oxygen atoms in total. The van der Waals surface area contributed by atoms with Crippen molar-refractivity contribution in [2.45, 2.75) is 19.3 Å². The van der Waals surface area contributed by atoms with Crippen molar-refractivity contribution >= 4 is 22.7 Å². The summed E-state index contributed by atoms with van der Waals surface area (Å²) >= 11 is 0. The molecule has 1 aliphatic carbocycles. The number of amides is 2. The van der Waals surface area contributed by atoms with Crippen LogP contribution in [0.3, 0.4) is 0 Å². The largest absolute Gasteiger partial charge is 0.496 e. The second kappa shape index (κ2) is 5.78. The van der Waals surface area contributed by atoms with E-state index >= 15 is 0 Å². The molecule has 2 heterocycles. The van der Waals surface area contributed by atoms with Gasteiger partial charge >= 0.3 is 0 Å². The maximum atomic E-state index is 12.9. The van der Waals surface area contributed by atoms with Crippen molar-refractivity contribution in [1.29, 1.82) is 0 Å². The minimum Gasteiger partial charge on any atom is -0.496 e. The molecule has 4 rings (SSSR count). The standard InChI is InChI=1S/C18H19N3O3/c1-24-16-11-15(19-14-6-3-2-5-13(14)16)18(23)21-10-4-9-20(21)17(22)12-7-8-12/h2-3,5-6,11-12H,4,7-10H2,1H3. The first-order valence-electron chi connectivity index (χ1n) is 8.26. The summed E-state index contributed by atoms with van der Waals surface area (Å²) in [5.41, 5.74) is 1.01. The number of para-hydroxylation sites is 1. The Bertz CT molecular complexity index is 816. The van der Waals surface area contributed by atoms with Gasteiger partial charge in [-0.25, -0.2) is 9.99 Å². The summed E-state index contributed by atoms with van der Waals surface area (Å²) in [5.74, 6) is 0.528. The van der Waals surface area contributed by atoms with Gasteiger partial charge < -0.3 is 4.74 Å². The van der Waals surface area contributed by atoms with Crippen LogP contribution in [0.5, 0.6) is 5.75 Å². The number of fused-ring (bicyclic) bond motifs is 1. The number of benzene rings is 1. The highest BCUT2D eigenvalue weighted by molar-refractivity contribution is 5.98. The van der Waals surface area contributed by atoms with Crippen LogP contribution in [0.2, 0.25) is 0 Å². The third kappa shape index (κ3) is 2.48. The SMILES string of the molecule is COc1cc(C(=O)N2CCCN2C(=O)C2CC2)nc2ccccc12.